The summed E-state index contributed by atoms with van der Waals surface area (Å²) in [6.45, 7) is 6.96. The second-order valence-corrected chi connectivity index (χ2v) is 14.5. The molecule has 3 fully saturated rings. The van der Waals surface area contributed by atoms with Crippen molar-refractivity contribution in [3.63, 3.8) is 0 Å². The molecule has 0 N–H and O–H groups in total. The zero-order chi connectivity index (χ0) is 27.0. The van der Waals surface area contributed by atoms with E-state index in [9.17, 15) is 4.79 Å². The van der Waals surface area contributed by atoms with E-state index in [1.807, 2.05) is 31.2 Å². The van der Waals surface area contributed by atoms with Crippen LogP contribution in [0.15, 0.2) is 91.3 Å². The summed E-state index contributed by atoms with van der Waals surface area (Å²) in [4.78, 5) is 30.0. The second kappa shape index (κ2) is 10.5. The van der Waals surface area contributed by atoms with Crippen molar-refractivity contribution in [3.8, 4) is 11.4 Å². The topological polar surface area (TPSA) is 68.2 Å². The summed E-state index contributed by atoms with van der Waals surface area (Å²) < 4.78 is 7.04. The molecule has 1 amide bonds. The summed E-state index contributed by atoms with van der Waals surface area (Å²) in [7, 11) is -2.51. The van der Waals surface area contributed by atoms with E-state index in [-0.39, 0.29) is 18.0 Å². The molecule has 1 saturated carbocycles. The molecule has 2 aromatic heterocycles. The zero-order valence-corrected chi connectivity index (χ0v) is 23.7. The highest BCUT2D eigenvalue weighted by atomic mass is 28.4. The van der Waals surface area contributed by atoms with Gasteiger partial charge in [-0.2, -0.15) is 0 Å². The quantitative estimate of drug-likeness (QED) is 0.327. The molecular weight excluding hydrogens is 500 g/mol. The van der Waals surface area contributed by atoms with Crippen LogP contribution in [0.2, 0.25) is 6.55 Å². The molecule has 3 aliphatic rings. The lowest BCUT2D eigenvalue weighted by atomic mass is 9.64. The number of carbonyl (C=O) groups excluding carboxylic acids is 1. The van der Waals surface area contributed by atoms with E-state index in [0.717, 1.165) is 18.5 Å². The Hall–Kier alpha value is -3.68. The largest absolute Gasteiger partial charge is 0.406 e. The third-order valence-corrected chi connectivity index (χ3v) is 12.3. The van der Waals surface area contributed by atoms with Crippen LogP contribution in [0.5, 0.6) is 0 Å². The van der Waals surface area contributed by atoms with Crippen molar-refractivity contribution in [2.75, 3.05) is 6.61 Å². The van der Waals surface area contributed by atoms with Gasteiger partial charge >= 0.3 is 0 Å². The van der Waals surface area contributed by atoms with Gasteiger partial charge in [-0.25, -0.2) is 15.0 Å². The van der Waals surface area contributed by atoms with Crippen molar-refractivity contribution in [2.45, 2.75) is 45.3 Å². The number of benzene rings is 2. The van der Waals surface area contributed by atoms with Gasteiger partial charge in [-0.05, 0) is 66.7 Å². The van der Waals surface area contributed by atoms with Crippen LogP contribution in [-0.4, -0.2) is 52.8 Å². The van der Waals surface area contributed by atoms with Crippen LogP contribution in [0.25, 0.3) is 11.4 Å². The van der Waals surface area contributed by atoms with E-state index in [4.69, 9.17) is 9.41 Å². The first-order valence-electron chi connectivity index (χ1n) is 13.8. The van der Waals surface area contributed by atoms with E-state index in [1.54, 1.807) is 18.5 Å². The van der Waals surface area contributed by atoms with Crippen molar-refractivity contribution in [1.29, 1.82) is 0 Å². The fourth-order valence-corrected chi connectivity index (χ4v) is 9.06. The lowest BCUT2D eigenvalue weighted by Crippen LogP contribution is -2.66. The summed E-state index contributed by atoms with van der Waals surface area (Å²) in [6.07, 6.45) is 5.48. The Balaban J connectivity index is 1.35. The summed E-state index contributed by atoms with van der Waals surface area (Å²) in [6, 6.07) is 26.9. The van der Waals surface area contributed by atoms with Crippen LogP contribution in [0, 0.1) is 18.8 Å². The normalized spacial score (nSPS) is 22.3. The predicted octanol–water partition coefficient (Wildman–Crippen LogP) is 4.49. The van der Waals surface area contributed by atoms with Gasteiger partial charge < -0.3 is 9.33 Å². The van der Waals surface area contributed by atoms with Gasteiger partial charge in [0.15, 0.2) is 5.82 Å². The van der Waals surface area contributed by atoms with E-state index in [1.165, 1.54) is 10.4 Å². The van der Waals surface area contributed by atoms with Crippen molar-refractivity contribution in [3.05, 3.63) is 103 Å². The van der Waals surface area contributed by atoms with E-state index in [2.05, 4.69) is 76.9 Å². The number of amides is 1. The van der Waals surface area contributed by atoms with Crippen molar-refractivity contribution < 1.29 is 9.22 Å². The molecule has 2 aliphatic heterocycles. The highest BCUT2D eigenvalue weighted by Gasteiger charge is 2.52. The lowest BCUT2D eigenvalue weighted by Gasteiger charge is -2.57. The average Bonchev–Trinajstić information content (AvgIpc) is 2.96. The third-order valence-electron chi connectivity index (χ3n) is 8.72. The van der Waals surface area contributed by atoms with Gasteiger partial charge in [-0.1, -0.05) is 67.6 Å². The molecule has 198 valence electrons. The Morgan fingerprint density at radius 1 is 0.923 bits per heavy atom. The number of fused-ring (bicyclic) bond motifs is 2. The van der Waals surface area contributed by atoms with Gasteiger partial charge in [0.05, 0.1) is 18.2 Å². The van der Waals surface area contributed by atoms with Crippen LogP contribution < -0.4 is 10.4 Å². The van der Waals surface area contributed by atoms with Crippen molar-refractivity contribution in [2.24, 2.45) is 11.8 Å². The number of rotatable bonds is 7. The van der Waals surface area contributed by atoms with E-state index >= 15 is 0 Å². The maximum absolute atomic E-state index is 14.4. The summed E-state index contributed by atoms with van der Waals surface area (Å²) in [5, 5.41) is 2.46. The van der Waals surface area contributed by atoms with Crippen LogP contribution >= 0.6 is 0 Å². The van der Waals surface area contributed by atoms with Crippen LogP contribution in [-0.2, 0) is 4.43 Å². The summed E-state index contributed by atoms with van der Waals surface area (Å²) >= 11 is 0. The highest BCUT2D eigenvalue weighted by molar-refractivity contribution is 6.96. The maximum atomic E-state index is 14.4. The summed E-state index contributed by atoms with van der Waals surface area (Å²) in [5.74, 6) is 1.43. The second-order valence-electron chi connectivity index (χ2n) is 11.0. The minimum atomic E-state index is -2.51. The lowest BCUT2D eigenvalue weighted by molar-refractivity contribution is -0.0678. The standard InChI is InChI=1S/C32H34N4O2Si/c1-22-15-16-28(31-33-17-10-18-34-31)30(35-22)32(37)36-25-19-24(20-25)23(2)29(36)21-38-39(3,26-11-6-4-7-12-26)27-13-8-5-9-14-27/h4-18,23-25,29H,19-21H2,1-3H3/t23-,24?,25?,29+/m0/s1. The number of aromatic nitrogens is 3. The Morgan fingerprint density at radius 3 is 2.15 bits per heavy atom. The average molecular weight is 535 g/mol. The Bertz CT molecular complexity index is 1410. The van der Waals surface area contributed by atoms with Crippen LogP contribution in [0.4, 0.5) is 0 Å². The molecule has 2 bridgehead atoms. The fraction of sp³-hybridized carbons (Fsp3) is 0.312. The fourth-order valence-electron chi connectivity index (χ4n) is 6.23. The molecule has 4 aromatic rings. The molecule has 1 aliphatic carbocycles. The minimum absolute atomic E-state index is 0.0268. The van der Waals surface area contributed by atoms with Gasteiger partial charge in [-0.3, -0.25) is 4.79 Å². The van der Waals surface area contributed by atoms with Crippen LogP contribution in [0.3, 0.4) is 0 Å². The van der Waals surface area contributed by atoms with Gasteiger partial charge in [-0.15, -0.1) is 0 Å². The SMILES string of the molecule is Cc1ccc(-c2ncccn2)c(C(=O)N2C3CC(C3)[C@H](C)[C@H]2CO[Si](C)(c2ccccc2)c2ccccc2)n1. The Morgan fingerprint density at radius 2 is 1.54 bits per heavy atom. The van der Waals surface area contributed by atoms with E-state index in [0.29, 0.717) is 35.5 Å². The number of nitrogens with zero attached hydrogens (tertiary/aromatic N) is 4. The minimum Gasteiger partial charge on any atom is -0.406 e. The molecule has 7 rings (SSSR count). The molecule has 0 spiro atoms. The van der Waals surface area contributed by atoms with Crippen LogP contribution in [0.1, 0.15) is 35.9 Å². The van der Waals surface area contributed by atoms with E-state index < -0.39 is 8.32 Å². The monoisotopic (exact) mass is 534 g/mol. The van der Waals surface area contributed by atoms with Crippen molar-refractivity contribution >= 4 is 24.6 Å². The molecule has 39 heavy (non-hydrogen) atoms. The first-order chi connectivity index (χ1) is 19.0. The third kappa shape index (κ3) is 4.70. The van der Waals surface area contributed by atoms with Gasteiger partial charge in [0.2, 0.25) is 0 Å². The Labute approximate surface area is 231 Å². The number of hydrogen-bond acceptors (Lipinski definition) is 5. The number of aryl methyl sites for hydroxylation is 1. The Kier molecular flexibility index (Phi) is 6.87. The molecule has 2 saturated heterocycles. The molecule has 0 unspecified atom stereocenters. The molecule has 4 heterocycles. The highest BCUT2D eigenvalue weighted by Crippen LogP contribution is 2.47. The molecule has 2 atom stereocenters. The maximum Gasteiger partial charge on any atom is 0.273 e. The van der Waals surface area contributed by atoms with Gasteiger partial charge in [0, 0.05) is 24.1 Å². The number of piperidine rings is 2. The number of pyridine rings is 1. The molecule has 6 nitrogen and oxygen atoms in total. The van der Waals surface area contributed by atoms with Crippen molar-refractivity contribution in [1.82, 2.24) is 19.9 Å². The smallest absolute Gasteiger partial charge is 0.273 e. The zero-order valence-electron chi connectivity index (χ0n) is 22.7. The molecule has 0 radical (unpaired) electrons. The summed E-state index contributed by atoms with van der Waals surface area (Å²) in [5.41, 5.74) is 1.90. The number of hydrogen-bond donors (Lipinski definition) is 0. The van der Waals surface area contributed by atoms with Gasteiger partial charge in [0.1, 0.15) is 5.69 Å². The first kappa shape index (κ1) is 25.6. The first-order valence-corrected chi connectivity index (χ1v) is 16.2. The predicted molar refractivity (Wildman–Crippen MR) is 155 cm³/mol. The van der Waals surface area contributed by atoms with Gasteiger partial charge in [0.25, 0.3) is 14.2 Å². The molecule has 2 aromatic carbocycles. The number of carbonyl (C=O) groups is 1. The molecular formula is C32H34N4O2Si. The molecule has 7 heteroatoms.